The Morgan fingerprint density at radius 3 is 2.60 bits per heavy atom. The van der Waals surface area contributed by atoms with E-state index in [4.69, 9.17) is 0 Å². The van der Waals surface area contributed by atoms with Crippen molar-refractivity contribution in [2.45, 2.75) is 57.6 Å². The summed E-state index contributed by atoms with van der Waals surface area (Å²) in [7, 11) is 0. The number of nitrogens with one attached hydrogen (secondary N) is 1. The Balaban J connectivity index is 1.75. The number of benzene rings is 1. The Morgan fingerprint density at radius 1 is 1.30 bits per heavy atom. The van der Waals surface area contributed by atoms with Crippen LogP contribution in [0.15, 0.2) is 30.3 Å². The van der Waals surface area contributed by atoms with Crippen LogP contribution in [0.3, 0.4) is 0 Å². The van der Waals surface area contributed by atoms with Crippen LogP contribution in [0.4, 0.5) is 0 Å². The highest BCUT2D eigenvalue weighted by Gasteiger charge is 2.21. The molecular weight excluding hydrogens is 250 g/mol. The number of carbonyl (C=O) groups excluding carboxylic acids is 1. The second kappa shape index (κ2) is 7.44. The number of hydrogen-bond donors (Lipinski definition) is 2. The molecule has 1 aromatic carbocycles. The first kappa shape index (κ1) is 15.0. The van der Waals surface area contributed by atoms with Crippen LogP contribution in [0.5, 0.6) is 0 Å². The Morgan fingerprint density at radius 2 is 1.95 bits per heavy atom. The predicted octanol–water partition coefficient (Wildman–Crippen LogP) is 2.68. The summed E-state index contributed by atoms with van der Waals surface area (Å²) in [6.07, 6.45) is 5.51. The number of aliphatic hydroxyl groups is 1. The average Bonchev–Trinajstić information content (AvgIpc) is 2.92. The van der Waals surface area contributed by atoms with E-state index in [1.165, 1.54) is 25.7 Å². The molecule has 3 heteroatoms. The average molecular weight is 275 g/mol. The van der Waals surface area contributed by atoms with Crippen molar-refractivity contribution in [2.24, 2.45) is 5.92 Å². The number of aliphatic hydroxyl groups excluding tert-OH is 1. The van der Waals surface area contributed by atoms with Crippen LogP contribution in [0.25, 0.3) is 0 Å². The minimum atomic E-state index is -0.537. The first-order valence-electron chi connectivity index (χ1n) is 7.66. The van der Waals surface area contributed by atoms with E-state index in [0.717, 1.165) is 5.56 Å². The highest BCUT2D eigenvalue weighted by Crippen LogP contribution is 2.27. The Labute approximate surface area is 121 Å². The first-order chi connectivity index (χ1) is 9.65. The van der Waals surface area contributed by atoms with E-state index in [1.807, 2.05) is 37.3 Å². The lowest BCUT2D eigenvalue weighted by molar-refractivity contribution is -0.123. The largest absolute Gasteiger partial charge is 0.391 e. The SMILES string of the molecule is CC(NC(=O)CC1CCCC1)C(O)Cc1ccccc1. The molecule has 1 aliphatic carbocycles. The van der Waals surface area contributed by atoms with Crippen LogP contribution < -0.4 is 5.32 Å². The minimum absolute atomic E-state index is 0.0801. The van der Waals surface area contributed by atoms with Gasteiger partial charge in [0, 0.05) is 12.8 Å². The third-order valence-corrected chi connectivity index (χ3v) is 4.20. The van der Waals surface area contributed by atoms with Crippen molar-refractivity contribution in [3.8, 4) is 0 Å². The van der Waals surface area contributed by atoms with Gasteiger partial charge in [0.15, 0.2) is 0 Å². The van der Waals surface area contributed by atoms with Gasteiger partial charge in [-0.1, -0.05) is 43.2 Å². The van der Waals surface area contributed by atoms with Crippen LogP contribution in [0.1, 0.15) is 44.6 Å². The summed E-state index contributed by atoms with van der Waals surface area (Å²) in [6.45, 7) is 1.88. The third-order valence-electron chi connectivity index (χ3n) is 4.20. The van der Waals surface area contributed by atoms with Crippen LogP contribution in [-0.4, -0.2) is 23.2 Å². The van der Waals surface area contributed by atoms with Gasteiger partial charge in [-0.15, -0.1) is 0 Å². The van der Waals surface area contributed by atoms with Gasteiger partial charge in [0.25, 0.3) is 0 Å². The fraction of sp³-hybridized carbons (Fsp3) is 0.588. The van der Waals surface area contributed by atoms with Gasteiger partial charge in [0.05, 0.1) is 12.1 Å². The molecule has 0 heterocycles. The zero-order valence-corrected chi connectivity index (χ0v) is 12.2. The van der Waals surface area contributed by atoms with Crippen molar-refractivity contribution in [1.82, 2.24) is 5.32 Å². The van der Waals surface area contributed by atoms with E-state index in [-0.39, 0.29) is 11.9 Å². The van der Waals surface area contributed by atoms with Crippen molar-refractivity contribution in [2.75, 3.05) is 0 Å². The van der Waals surface area contributed by atoms with Gasteiger partial charge in [-0.3, -0.25) is 4.79 Å². The van der Waals surface area contributed by atoms with Gasteiger partial charge in [-0.25, -0.2) is 0 Å². The lowest BCUT2D eigenvalue weighted by atomic mass is 10.0. The van der Waals surface area contributed by atoms with Gasteiger partial charge < -0.3 is 10.4 Å². The molecule has 3 nitrogen and oxygen atoms in total. The van der Waals surface area contributed by atoms with Crippen LogP contribution in [0, 0.1) is 5.92 Å². The van der Waals surface area contributed by atoms with E-state index >= 15 is 0 Å². The molecule has 1 amide bonds. The number of hydrogen-bond acceptors (Lipinski definition) is 2. The van der Waals surface area contributed by atoms with Crippen LogP contribution >= 0.6 is 0 Å². The fourth-order valence-electron chi connectivity index (χ4n) is 2.92. The molecule has 110 valence electrons. The molecule has 0 aromatic heterocycles. The second-order valence-electron chi connectivity index (χ2n) is 5.97. The van der Waals surface area contributed by atoms with E-state index < -0.39 is 6.10 Å². The van der Waals surface area contributed by atoms with Gasteiger partial charge >= 0.3 is 0 Å². The summed E-state index contributed by atoms with van der Waals surface area (Å²) < 4.78 is 0. The van der Waals surface area contributed by atoms with Gasteiger partial charge in [0.1, 0.15) is 0 Å². The molecular formula is C17H25NO2. The van der Waals surface area contributed by atoms with E-state index in [2.05, 4.69) is 5.32 Å². The monoisotopic (exact) mass is 275 g/mol. The number of amides is 1. The molecule has 2 rings (SSSR count). The van der Waals surface area contributed by atoms with Crippen molar-refractivity contribution in [3.05, 3.63) is 35.9 Å². The van der Waals surface area contributed by atoms with Crippen LogP contribution in [-0.2, 0) is 11.2 Å². The molecule has 0 saturated heterocycles. The van der Waals surface area contributed by atoms with Crippen molar-refractivity contribution in [1.29, 1.82) is 0 Å². The molecule has 1 aliphatic rings. The highest BCUT2D eigenvalue weighted by molar-refractivity contribution is 5.76. The quantitative estimate of drug-likeness (QED) is 0.838. The molecule has 1 aromatic rings. The summed E-state index contributed by atoms with van der Waals surface area (Å²) in [6, 6.07) is 9.68. The maximum absolute atomic E-state index is 11.9. The summed E-state index contributed by atoms with van der Waals surface area (Å²) in [5.41, 5.74) is 1.09. The van der Waals surface area contributed by atoms with E-state index in [1.54, 1.807) is 0 Å². The molecule has 0 radical (unpaired) electrons. The Kier molecular flexibility index (Phi) is 5.60. The van der Waals surface area contributed by atoms with Gasteiger partial charge in [-0.05, 0) is 31.2 Å². The molecule has 1 saturated carbocycles. The van der Waals surface area contributed by atoms with Crippen molar-refractivity contribution in [3.63, 3.8) is 0 Å². The molecule has 1 fully saturated rings. The second-order valence-corrected chi connectivity index (χ2v) is 5.97. The third kappa shape index (κ3) is 4.64. The Bertz CT molecular complexity index is 412. The minimum Gasteiger partial charge on any atom is -0.391 e. The van der Waals surface area contributed by atoms with Crippen LogP contribution in [0.2, 0.25) is 0 Å². The normalized spacial score (nSPS) is 18.7. The van der Waals surface area contributed by atoms with Gasteiger partial charge in [0.2, 0.25) is 5.91 Å². The number of carbonyl (C=O) groups is 1. The lowest BCUT2D eigenvalue weighted by Gasteiger charge is -2.21. The van der Waals surface area contributed by atoms with E-state index in [0.29, 0.717) is 18.8 Å². The number of rotatable bonds is 6. The zero-order chi connectivity index (χ0) is 14.4. The molecule has 20 heavy (non-hydrogen) atoms. The lowest BCUT2D eigenvalue weighted by Crippen LogP contribution is -2.42. The molecule has 0 spiro atoms. The molecule has 2 unspecified atom stereocenters. The van der Waals surface area contributed by atoms with Crippen molar-refractivity contribution < 1.29 is 9.90 Å². The standard InChI is InChI=1S/C17H25NO2/c1-13(16(19)11-14-7-3-2-4-8-14)18-17(20)12-15-9-5-6-10-15/h2-4,7-8,13,15-16,19H,5-6,9-12H2,1H3,(H,18,20). The topological polar surface area (TPSA) is 49.3 Å². The maximum Gasteiger partial charge on any atom is 0.220 e. The summed E-state index contributed by atoms with van der Waals surface area (Å²) >= 11 is 0. The predicted molar refractivity (Wildman–Crippen MR) is 80.3 cm³/mol. The first-order valence-corrected chi connectivity index (χ1v) is 7.66. The molecule has 2 atom stereocenters. The maximum atomic E-state index is 11.9. The molecule has 0 aliphatic heterocycles. The zero-order valence-electron chi connectivity index (χ0n) is 12.2. The Hall–Kier alpha value is -1.35. The van der Waals surface area contributed by atoms with Crippen molar-refractivity contribution >= 4 is 5.91 Å². The highest BCUT2D eigenvalue weighted by atomic mass is 16.3. The summed E-state index contributed by atoms with van der Waals surface area (Å²) in [5, 5.41) is 13.1. The van der Waals surface area contributed by atoms with Gasteiger partial charge in [-0.2, -0.15) is 0 Å². The summed E-state index contributed by atoms with van der Waals surface area (Å²) in [5.74, 6) is 0.630. The fourth-order valence-corrected chi connectivity index (χ4v) is 2.92. The van der Waals surface area contributed by atoms with E-state index in [9.17, 15) is 9.90 Å². The molecule has 2 N–H and O–H groups in total. The smallest absolute Gasteiger partial charge is 0.220 e. The molecule has 0 bridgehead atoms. The summed E-state index contributed by atoms with van der Waals surface area (Å²) in [4.78, 5) is 11.9.